The van der Waals surface area contributed by atoms with Gasteiger partial charge >= 0.3 is 5.97 Å². The van der Waals surface area contributed by atoms with Crippen LogP contribution >= 0.6 is 0 Å². The number of H-pyrrole nitrogens is 1. The third-order valence-corrected chi connectivity index (χ3v) is 2.34. The third-order valence-electron chi connectivity index (χ3n) is 2.34. The number of hydrogen-bond acceptors (Lipinski definition) is 3. The van der Waals surface area contributed by atoms with Crippen LogP contribution in [0.2, 0.25) is 0 Å². The van der Waals surface area contributed by atoms with Crippen LogP contribution in [0.3, 0.4) is 0 Å². The van der Waals surface area contributed by atoms with Crippen molar-refractivity contribution in [3.05, 3.63) is 30.0 Å². The van der Waals surface area contributed by atoms with Gasteiger partial charge in [-0.25, -0.2) is 0 Å². The van der Waals surface area contributed by atoms with Gasteiger partial charge in [-0.1, -0.05) is 6.07 Å². The highest BCUT2D eigenvalue weighted by atomic mass is 16.5. The minimum Gasteiger partial charge on any atom is -0.507 e. The Balaban J connectivity index is 2.26. The second-order valence-corrected chi connectivity index (χ2v) is 3.51. The first-order valence-electron chi connectivity index (χ1n) is 5.16. The van der Waals surface area contributed by atoms with Crippen molar-refractivity contribution in [3.8, 4) is 5.75 Å². The van der Waals surface area contributed by atoms with Gasteiger partial charge in [0.05, 0.1) is 13.0 Å². The quantitative estimate of drug-likeness (QED) is 0.776. The molecule has 0 bridgehead atoms. The molecule has 84 valence electrons. The van der Waals surface area contributed by atoms with Crippen LogP contribution in [-0.2, 0) is 16.0 Å². The molecule has 0 aliphatic rings. The summed E-state index contributed by atoms with van der Waals surface area (Å²) in [5.74, 6) is -0.0580. The molecule has 0 aliphatic heterocycles. The standard InChI is InChI=1S/C12H13NO3/c1-2-16-12(15)7-8-6-9-10(13-8)4-3-5-11(9)14/h3-6,13-14H,2,7H2,1H3. The van der Waals surface area contributed by atoms with Crippen molar-refractivity contribution in [2.24, 2.45) is 0 Å². The van der Waals surface area contributed by atoms with E-state index in [0.717, 1.165) is 16.6 Å². The number of fused-ring (bicyclic) bond motifs is 1. The van der Waals surface area contributed by atoms with Crippen molar-refractivity contribution < 1.29 is 14.6 Å². The number of carbonyl (C=O) groups excluding carboxylic acids is 1. The minimum absolute atomic E-state index is 0.196. The van der Waals surface area contributed by atoms with Crippen LogP contribution in [-0.4, -0.2) is 22.7 Å². The van der Waals surface area contributed by atoms with Crippen molar-refractivity contribution in [1.82, 2.24) is 4.98 Å². The number of esters is 1. The highest BCUT2D eigenvalue weighted by molar-refractivity contribution is 5.87. The van der Waals surface area contributed by atoms with Crippen LogP contribution in [0.1, 0.15) is 12.6 Å². The number of ether oxygens (including phenoxy) is 1. The third kappa shape index (κ3) is 2.00. The summed E-state index contributed by atoms with van der Waals surface area (Å²) in [6, 6.07) is 6.98. The molecule has 0 amide bonds. The average molecular weight is 219 g/mol. The molecule has 0 unspecified atom stereocenters. The van der Waals surface area contributed by atoms with Crippen molar-refractivity contribution in [1.29, 1.82) is 0 Å². The van der Waals surface area contributed by atoms with E-state index in [1.807, 2.05) is 6.07 Å². The predicted molar refractivity (Wildman–Crippen MR) is 60.3 cm³/mol. The van der Waals surface area contributed by atoms with E-state index in [9.17, 15) is 9.90 Å². The maximum absolute atomic E-state index is 11.3. The number of hydrogen-bond donors (Lipinski definition) is 2. The fraction of sp³-hybridized carbons (Fsp3) is 0.250. The fourth-order valence-corrected chi connectivity index (χ4v) is 1.66. The second kappa shape index (κ2) is 4.26. The Kier molecular flexibility index (Phi) is 2.81. The van der Waals surface area contributed by atoms with E-state index in [4.69, 9.17) is 4.74 Å². The Bertz CT molecular complexity index is 516. The molecule has 0 fully saturated rings. The van der Waals surface area contributed by atoms with Gasteiger partial charge in [-0.15, -0.1) is 0 Å². The summed E-state index contributed by atoms with van der Waals surface area (Å²) in [5.41, 5.74) is 1.56. The fourth-order valence-electron chi connectivity index (χ4n) is 1.66. The van der Waals surface area contributed by atoms with Crippen molar-refractivity contribution >= 4 is 16.9 Å². The molecule has 0 radical (unpaired) electrons. The highest BCUT2D eigenvalue weighted by Gasteiger charge is 2.08. The molecule has 16 heavy (non-hydrogen) atoms. The molecule has 2 N–H and O–H groups in total. The largest absolute Gasteiger partial charge is 0.507 e. The van der Waals surface area contributed by atoms with Gasteiger partial charge in [0.1, 0.15) is 5.75 Å². The zero-order chi connectivity index (χ0) is 11.5. The van der Waals surface area contributed by atoms with Gasteiger partial charge in [0, 0.05) is 16.6 Å². The van der Waals surface area contributed by atoms with Crippen LogP contribution in [0.5, 0.6) is 5.75 Å². The van der Waals surface area contributed by atoms with Crippen molar-refractivity contribution in [2.45, 2.75) is 13.3 Å². The molecule has 0 atom stereocenters. The van der Waals surface area contributed by atoms with Gasteiger partial charge in [-0.05, 0) is 25.1 Å². The SMILES string of the molecule is CCOC(=O)Cc1cc2c(O)cccc2[nH]1. The molecule has 4 nitrogen and oxygen atoms in total. The van der Waals surface area contributed by atoms with Crippen LogP contribution in [0.4, 0.5) is 0 Å². The normalized spacial score (nSPS) is 10.6. The van der Waals surface area contributed by atoms with E-state index >= 15 is 0 Å². The van der Waals surface area contributed by atoms with Crippen LogP contribution in [0.25, 0.3) is 10.9 Å². The maximum Gasteiger partial charge on any atom is 0.311 e. The number of benzene rings is 1. The summed E-state index contributed by atoms with van der Waals surface area (Å²) in [4.78, 5) is 14.3. The zero-order valence-electron chi connectivity index (χ0n) is 8.99. The lowest BCUT2D eigenvalue weighted by atomic mass is 10.2. The number of carbonyl (C=O) groups is 1. The molecule has 0 aliphatic carbocycles. The predicted octanol–water partition coefficient (Wildman–Crippen LogP) is 1.98. The number of nitrogens with one attached hydrogen (secondary N) is 1. The highest BCUT2D eigenvalue weighted by Crippen LogP contribution is 2.25. The van der Waals surface area contributed by atoms with Crippen LogP contribution < -0.4 is 0 Å². The smallest absolute Gasteiger partial charge is 0.311 e. The van der Waals surface area contributed by atoms with Crippen LogP contribution in [0, 0.1) is 0 Å². The van der Waals surface area contributed by atoms with E-state index in [1.54, 1.807) is 25.1 Å². The molecule has 1 aromatic heterocycles. The van der Waals surface area contributed by atoms with E-state index in [2.05, 4.69) is 4.98 Å². The Morgan fingerprint density at radius 2 is 2.31 bits per heavy atom. The summed E-state index contributed by atoms with van der Waals surface area (Å²) in [5, 5.41) is 10.3. The minimum atomic E-state index is -0.270. The van der Waals surface area contributed by atoms with Crippen molar-refractivity contribution in [3.63, 3.8) is 0 Å². The molecule has 2 aromatic rings. The number of aromatic nitrogens is 1. The Morgan fingerprint density at radius 1 is 1.50 bits per heavy atom. The summed E-state index contributed by atoms with van der Waals surface area (Å²) in [7, 11) is 0. The molecular formula is C12H13NO3. The zero-order valence-corrected chi connectivity index (χ0v) is 8.99. The number of aromatic hydroxyl groups is 1. The summed E-state index contributed by atoms with van der Waals surface area (Å²) >= 11 is 0. The van der Waals surface area contributed by atoms with Gasteiger partial charge in [-0.2, -0.15) is 0 Å². The first kappa shape index (κ1) is 10.5. The molecular weight excluding hydrogens is 206 g/mol. The molecule has 0 saturated carbocycles. The summed E-state index contributed by atoms with van der Waals surface area (Å²) in [6.07, 6.45) is 0.196. The molecule has 2 rings (SSSR count). The molecule has 1 aromatic carbocycles. The Morgan fingerprint density at radius 3 is 3.00 bits per heavy atom. The van der Waals surface area contributed by atoms with Gasteiger partial charge in [0.25, 0.3) is 0 Å². The number of aromatic amines is 1. The van der Waals surface area contributed by atoms with Gasteiger partial charge in [0.15, 0.2) is 0 Å². The van der Waals surface area contributed by atoms with Crippen LogP contribution in [0.15, 0.2) is 24.3 Å². The molecule has 0 spiro atoms. The lowest BCUT2D eigenvalue weighted by Crippen LogP contribution is -2.07. The van der Waals surface area contributed by atoms with Gasteiger partial charge in [-0.3, -0.25) is 4.79 Å². The monoisotopic (exact) mass is 219 g/mol. The lowest BCUT2D eigenvalue weighted by molar-refractivity contribution is -0.142. The number of phenolic OH excluding ortho intramolecular Hbond substituents is 1. The number of rotatable bonds is 3. The summed E-state index contributed by atoms with van der Waals surface area (Å²) in [6.45, 7) is 2.15. The van der Waals surface area contributed by atoms with Gasteiger partial charge < -0.3 is 14.8 Å². The summed E-state index contributed by atoms with van der Waals surface area (Å²) < 4.78 is 4.85. The van der Waals surface area contributed by atoms with E-state index in [1.165, 1.54) is 0 Å². The van der Waals surface area contributed by atoms with Crippen molar-refractivity contribution in [2.75, 3.05) is 6.61 Å². The van der Waals surface area contributed by atoms with Gasteiger partial charge in [0.2, 0.25) is 0 Å². The Labute approximate surface area is 92.9 Å². The maximum atomic E-state index is 11.3. The average Bonchev–Trinajstić information content (AvgIpc) is 2.62. The van der Waals surface area contributed by atoms with E-state index in [-0.39, 0.29) is 18.1 Å². The topological polar surface area (TPSA) is 62.3 Å². The molecule has 1 heterocycles. The van der Waals surface area contributed by atoms with E-state index in [0.29, 0.717) is 6.61 Å². The first-order valence-corrected chi connectivity index (χ1v) is 5.16. The molecule has 4 heteroatoms. The first-order chi connectivity index (χ1) is 7.70. The van der Waals surface area contributed by atoms with E-state index < -0.39 is 0 Å². The molecule has 0 saturated heterocycles. The lowest BCUT2D eigenvalue weighted by Gasteiger charge is -1.98. The Hall–Kier alpha value is -1.97. The number of phenols is 1. The second-order valence-electron chi connectivity index (χ2n) is 3.51.